The Bertz CT molecular complexity index is 410. The van der Waals surface area contributed by atoms with Crippen LogP contribution < -0.4 is 10.6 Å². The fraction of sp³-hybridized carbons (Fsp3) is 0.615. The van der Waals surface area contributed by atoms with E-state index in [2.05, 4.69) is 27.5 Å². The molecule has 1 rings (SSSR count). The minimum Gasteiger partial charge on any atom is -0.466 e. The number of carbonyl (C=O) groups is 1. The van der Waals surface area contributed by atoms with Crippen LogP contribution in [0.1, 0.15) is 32.3 Å². The van der Waals surface area contributed by atoms with Crippen LogP contribution in [0.15, 0.2) is 6.33 Å². The van der Waals surface area contributed by atoms with Crippen molar-refractivity contribution in [2.24, 2.45) is 0 Å². The molecule has 0 amide bonds. The van der Waals surface area contributed by atoms with E-state index in [1.165, 1.54) is 6.33 Å². The molecule has 0 aliphatic carbocycles. The molecule has 1 aromatic rings. The first-order valence-electron chi connectivity index (χ1n) is 6.64. The summed E-state index contributed by atoms with van der Waals surface area (Å²) >= 11 is 0. The summed E-state index contributed by atoms with van der Waals surface area (Å²) in [5.74, 6) is 1.51. The molecule has 1 heterocycles. The van der Waals surface area contributed by atoms with E-state index in [0.29, 0.717) is 19.6 Å². The normalized spacial score (nSPS) is 10.1. The van der Waals surface area contributed by atoms with Crippen molar-refractivity contribution in [1.29, 1.82) is 0 Å². The molecule has 0 radical (unpaired) electrons. The molecule has 1 aromatic heterocycles. The molecule has 2 N–H and O–H groups in total. The van der Waals surface area contributed by atoms with Gasteiger partial charge in [-0.3, -0.25) is 4.79 Å². The average molecular weight is 266 g/mol. The lowest BCUT2D eigenvalue weighted by Gasteiger charge is -2.12. The summed E-state index contributed by atoms with van der Waals surface area (Å²) in [6.45, 7) is 4.99. The summed E-state index contributed by atoms with van der Waals surface area (Å²) in [6, 6.07) is 0. The molecule has 0 spiro atoms. The van der Waals surface area contributed by atoms with Crippen molar-refractivity contribution in [1.82, 2.24) is 9.97 Å². The lowest BCUT2D eigenvalue weighted by Crippen LogP contribution is -2.11. The molecule has 19 heavy (non-hydrogen) atoms. The van der Waals surface area contributed by atoms with Crippen molar-refractivity contribution >= 4 is 17.6 Å². The molecular weight excluding hydrogens is 244 g/mol. The number of nitrogens with zero attached hydrogens (tertiary/aromatic N) is 2. The Labute approximate surface area is 114 Å². The van der Waals surface area contributed by atoms with Gasteiger partial charge in [0.05, 0.1) is 6.61 Å². The second-order valence-electron chi connectivity index (χ2n) is 3.99. The number of ether oxygens (including phenoxy) is 1. The molecule has 0 fully saturated rings. The minimum atomic E-state index is -0.154. The zero-order valence-corrected chi connectivity index (χ0v) is 11.8. The molecular formula is C13H22N4O2. The zero-order chi connectivity index (χ0) is 14.1. The minimum absolute atomic E-state index is 0.154. The average Bonchev–Trinajstić information content (AvgIpc) is 2.43. The monoisotopic (exact) mass is 266 g/mol. The Morgan fingerprint density at radius 1 is 1.32 bits per heavy atom. The number of aromatic nitrogens is 2. The zero-order valence-electron chi connectivity index (χ0n) is 11.8. The van der Waals surface area contributed by atoms with E-state index < -0.39 is 0 Å². The van der Waals surface area contributed by atoms with Gasteiger partial charge >= 0.3 is 5.97 Å². The number of rotatable bonds is 8. The molecule has 106 valence electrons. The smallest absolute Gasteiger partial charge is 0.305 e. The Morgan fingerprint density at radius 3 is 2.68 bits per heavy atom. The molecule has 0 aromatic carbocycles. The maximum absolute atomic E-state index is 11.2. The molecule has 0 atom stereocenters. The van der Waals surface area contributed by atoms with Gasteiger partial charge in [-0.2, -0.15) is 0 Å². The highest BCUT2D eigenvalue weighted by Crippen LogP contribution is 2.19. The summed E-state index contributed by atoms with van der Waals surface area (Å²) in [4.78, 5) is 19.6. The molecule has 0 aliphatic heterocycles. The highest BCUT2D eigenvalue weighted by atomic mass is 16.5. The van der Waals surface area contributed by atoms with Crippen molar-refractivity contribution in [2.75, 3.05) is 30.8 Å². The maximum atomic E-state index is 11.2. The third-order valence-corrected chi connectivity index (χ3v) is 2.69. The van der Waals surface area contributed by atoms with Crippen molar-refractivity contribution < 1.29 is 9.53 Å². The van der Waals surface area contributed by atoms with Crippen molar-refractivity contribution in [2.45, 2.75) is 33.1 Å². The fourth-order valence-electron chi connectivity index (χ4n) is 1.79. The molecule has 0 aliphatic rings. The fourth-order valence-corrected chi connectivity index (χ4v) is 1.79. The van der Waals surface area contributed by atoms with E-state index in [1.807, 2.05) is 14.0 Å². The number of nitrogens with one attached hydrogen (secondary N) is 2. The molecule has 6 heteroatoms. The highest BCUT2D eigenvalue weighted by Gasteiger charge is 2.08. The summed E-state index contributed by atoms with van der Waals surface area (Å²) < 4.78 is 4.87. The van der Waals surface area contributed by atoms with E-state index in [0.717, 1.165) is 30.0 Å². The summed E-state index contributed by atoms with van der Waals surface area (Å²) in [5, 5.41) is 6.28. The van der Waals surface area contributed by atoms with Gasteiger partial charge in [-0.05, 0) is 19.8 Å². The van der Waals surface area contributed by atoms with E-state index in [4.69, 9.17) is 4.74 Å². The van der Waals surface area contributed by atoms with Crippen molar-refractivity contribution in [3.63, 3.8) is 0 Å². The second-order valence-corrected chi connectivity index (χ2v) is 3.99. The van der Waals surface area contributed by atoms with Crippen molar-refractivity contribution in [3.05, 3.63) is 11.9 Å². The van der Waals surface area contributed by atoms with Gasteiger partial charge in [0.25, 0.3) is 0 Å². The van der Waals surface area contributed by atoms with Gasteiger partial charge in [0, 0.05) is 25.6 Å². The van der Waals surface area contributed by atoms with Crippen LogP contribution in [0.3, 0.4) is 0 Å². The molecule has 0 saturated heterocycles. The molecule has 0 saturated carbocycles. The number of esters is 1. The Balaban J connectivity index is 2.47. The lowest BCUT2D eigenvalue weighted by atomic mass is 10.2. The van der Waals surface area contributed by atoms with Gasteiger partial charge in [-0.15, -0.1) is 0 Å². The van der Waals surface area contributed by atoms with Crippen LogP contribution in [0, 0.1) is 0 Å². The van der Waals surface area contributed by atoms with Crippen LogP contribution in [0.2, 0.25) is 0 Å². The SMILES string of the molecule is CCOC(=O)CCCNc1ncnc(NC)c1CC. The predicted molar refractivity (Wildman–Crippen MR) is 75.3 cm³/mol. The standard InChI is InChI=1S/C13H22N4O2/c1-4-10-12(14-3)16-9-17-13(10)15-8-6-7-11(18)19-5-2/h9H,4-8H2,1-3H3,(H2,14,15,16,17). The van der Waals surface area contributed by atoms with Crippen LogP contribution in [0.25, 0.3) is 0 Å². The number of hydrogen-bond donors (Lipinski definition) is 2. The van der Waals surface area contributed by atoms with Gasteiger partial charge in [-0.25, -0.2) is 9.97 Å². The van der Waals surface area contributed by atoms with E-state index >= 15 is 0 Å². The number of hydrogen-bond acceptors (Lipinski definition) is 6. The first-order chi connectivity index (χ1) is 9.22. The Kier molecular flexibility index (Phi) is 6.63. The lowest BCUT2D eigenvalue weighted by molar-refractivity contribution is -0.143. The van der Waals surface area contributed by atoms with Gasteiger partial charge in [0.2, 0.25) is 0 Å². The molecule has 6 nitrogen and oxygen atoms in total. The van der Waals surface area contributed by atoms with Gasteiger partial charge in [0.15, 0.2) is 0 Å². The Morgan fingerprint density at radius 2 is 2.05 bits per heavy atom. The Hall–Kier alpha value is -1.85. The topological polar surface area (TPSA) is 76.1 Å². The van der Waals surface area contributed by atoms with Gasteiger partial charge in [0.1, 0.15) is 18.0 Å². The summed E-state index contributed by atoms with van der Waals surface area (Å²) in [7, 11) is 1.84. The van der Waals surface area contributed by atoms with Crippen LogP contribution in [0.4, 0.5) is 11.6 Å². The summed E-state index contributed by atoms with van der Waals surface area (Å²) in [6.07, 6.45) is 3.52. The van der Waals surface area contributed by atoms with Crippen LogP contribution in [-0.2, 0) is 16.0 Å². The van der Waals surface area contributed by atoms with Crippen LogP contribution >= 0.6 is 0 Å². The van der Waals surface area contributed by atoms with E-state index in [9.17, 15) is 4.79 Å². The maximum Gasteiger partial charge on any atom is 0.305 e. The first-order valence-corrected chi connectivity index (χ1v) is 6.64. The van der Waals surface area contributed by atoms with Gasteiger partial charge in [-0.1, -0.05) is 6.92 Å². The van der Waals surface area contributed by atoms with Crippen LogP contribution in [-0.4, -0.2) is 36.1 Å². The second kappa shape index (κ2) is 8.29. The number of carbonyl (C=O) groups excluding carboxylic acids is 1. The third kappa shape index (κ3) is 4.73. The molecule has 0 bridgehead atoms. The largest absolute Gasteiger partial charge is 0.466 e. The van der Waals surface area contributed by atoms with E-state index in [-0.39, 0.29) is 5.97 Å². The highest BCUT2D eigenvalue weighted by molar-refractivity contribution is 5.69. The van der Waals surface area contributed by atoms with Crippen LogP contribution in [0.5, 0.6) is 0 Å². The van der Waals surface area contributed by atoms with Crippen molar-refractivity contribution in [3.8, 4) is 0 Å². The molecule has 0 unspecified atom stereocenters. The number of anilines is 2. The summed E-state index contributed by atoms with van der Waals surface area (Å²) in [5.41, 5.74) is 1.06. The van der Waals surface area contributed by atoms with E-state index in [1.54, 1.807) is 0 Å². The quantitative estimate of drug-likeness (QED) is 0.552. The predicted octanol–water partition coefficient (Wildman–Crippen LogP) is 1.84. The van der Waals surface area contributed by atoms with Gasteiger partial charge < -0.3 is 15.4 Å². The third-order valence-electron chi connectivity index (χ3n) is 2.69. The first kappa shape index (κ1) is 15.2.